The van der Waals surface area contributed by atoms with Crippen LogP contribution in [0.5, 0.6) is 0 Å². The molecule has 0 aliphatic carbocycles. The van der Waals surface area contributed by atoms with Crippen LogP contribution in [0.3, 0.4) is 0 Å². The lowest BCUT2D eigenvalue weighted by atomic mass is 10.2. The molecule has 96 valence electrons. The average Bonchev–Trinajstić information content (AvgIpc) is 2.28. The van der Waals surface area contributed by atoms with E-state index >= 15 is 0 Å². The van der Waals surface area contributed by atoms with Crippen molar-refractivity contribution in [2.45, 2.75) is 39.5 Å². The molecular formula is C12H27N3O. The normalized spacial score (nSPS) is 10.8. The van der Waals surface area contributed by atoms with Crippen LogP contribution in [-0.2, 0) is 4.79 Å². The van der Waals surface area contributed by atoms with Gasteiger partial charge in [0.25, 0.3) is 0 Å². The molecule has 0 atom stereocenters. The number of hydrogen-bond donors (Lipinski definition) is 2. The van der Waals surface area contributed by atoms with E-state index in [0.29, 0.717) is 13.0 Å². The van der Waals surface area contributed by atoms with Crippen molar-refractivity contribution in [1.82, 2.24) is 10.2 Å². The van der Waals surface area contributed by atoms with Crippen LogP contribution in [0.2, 0.25) is 0 Å². The minimum absolute atomic E-state index is 0.154. The van der Waals surface area contributed by atoms with Crippen molar-refractivity contribution in [3.05, 3.63) is 0 Å². The van der Waals surface area contributed by atoms with Crippen LogP contribution in [0.1, 0.15) is 39.5 Å². The van der Waals surface area contributed by atoms with Gasteiger partial charge >= 0.3 is 0 Å². The SMILES string of the molecule is CCCN(CC)CCNC(=O)CCCCN. The lowest BCUT2D eigenvalue weighted by molar-refractivity contribution is -0.121. The molecule has 3 N–H and O–H groups in total. The van der Waals surface area contributed by atoms with Gasteiger partial charge in [-0.05, 0) is 38.9 Å². The third-order valence-corrected chi connectivity index (χ3v) is 2.60. The van der Waals surface area contributed by atoms with E-state index in [9.17, 15) is 4.79 Å². The molecule has 4 heteroatoms. The predicted molar refractivity (Wildman–Crippen MR) is 68.3 cm³/mol. The van der Waals surface area contributed by atoms with Crippen LogP contribution in [0.25, 0.3) is 0 Å². The number of rotatable bonds is 10. The Kier molecular flexibility index (Phi) is 10.5. The largest absolute Gasteiger partial charge is 0.355 e. The highest BCUT2D eigenvalue weighted by molar-refractivity contribution is 5.75. The van der Waals surface area contributed by atoms with Gasteiger partial charge < -0.3 is 16.0 Å². The summed E-state index contributed by atoms with van der Waals surface area (Å²) >= 11 is 0. The first-order chi connectivity index (χ1) is 7.74. The van der Waals surface area contributed by atoms with E-state index in [1.54, 1.807) is 0 Å². The number of likely N-dealkylation sites (N-methyl/N-ethyl adjacent to an activating group) is 1. The Labute approximate surface area is 99.6 Å². The highest BCUT2D eigenvalue weighted by Gasteiger charge is 2.03. The predicted octanol–water partition coefficient (Wildman–Crippen LogP) is 0.964. The van der Waals surface area contributed by atoms with Gasteiger partial charge in [0, 0.05) is 19.5 Å². The summed E-state index contributed by atoms with van der Waals surface area (Å²) in [7, 11) is 0. The van der Waals surface area contributed by atoms with E-state index in [-0.39, 0.29) is 5.91 Å². The van der Waals surface area contributed by atoms with Gasteiger partial charge in [-0.3, -0.25) is 4.79 Å². The monoisotopic (exact) mass is 229 g/mol. The zero-order valence-electron chi connectivity index (χ0n) is 10.8. The maximum absolute atomic E-state index is 11.4. The second kappa shape index (κ2) is 10.9. The minimum Gasteiger partial charge on any atom is -0.355 e. The molecule has 0 saturated carbocycles. The Balaban J connectivity index is 3.44. The van der Waals surface area contributed by atoms with Crippen molar-refractivity contribution in [1.29, 1.82) is 0 Å². The van der Waals surface area contributed by atoms with E-state index in [0.717, 1.165) is 45.4 Å². The van der Waals surface area contributed by atoms with Gasteiger partial charge in [-0.2, -0.15) is 0 Å². The average molecular weight is 229 g/mol. The number of carbonyl (C=O) groups excluding carboxylic acids is 1. The fraction of sp³-hybridized carbons (Fsp3) is 0.917. The van der Waals surface area contributed by atoms with E-state index in [1.807, 2.05) is 0 Å². The number of nitrogens with one attached hydrogen (secondary N) is 1. The van der Waals surface area contributed by atoms with Crippen LogP contribution in [0.4, 0.5) is 0 Å². The Hall–Kier alpha value is -0.610. The lowest BCUT2D eigenvalue weighted by Gasteiger charge is -2.19. The smallest absolute Gasteiger partial charge is 0.220 e. The third kappa shape index (κ3) is 8.68. The quantitative estimate of drug-likeness (QED) is 0.549. The zero-order chi connectivity index (χ0) is 12.2. The Morgan fingerprint density at radius 2 is 2.00 bits per heavy atom. The highest BCUT2D eigenvalue weighted by Crippen LogP contribution is 1.93. The fourth-order valence-electron chi connectivity index (χ4n) is 1.62. The van der Waals surface area contributed by atoms with Crippen molar-refractivity contribution in [3.8, 4) is 0 Å². The van der Waals surface area contributed by atoms with Gasteiger partial charge in [0.1, 0.15) is 0 Å². The van der Waals surface area contributed by atoms with E-state index in [1.165, 1.54) is 0 Å². The second-order valence-corrected chi connectivity index (χ2v) is 4.03. The van der Waals surface area contributed by atoms with Gasteiger partial charge in [-0.1, -0.05) is 13.8 Å². The number of nitrogens with zero attached hydrogens (tertiary/aromatic N) is 1. The molecule has 0 spiro atoms. The molecule has 0 aromatic heterocycles. The lowest BCUT2D eigenvalue weighted by Crippen LogP contribution is -2.35. The van der Waals surface area contributed by atoms with Gasteiger partial charge in [0.05, 0.1) is 0 Å². The van der Waals surface area contributed by atoms with Crippen LogP contribution in [-0.4, -0.2) is 43.5 Å². The molecule has 0 bridgehead atoms. The van der Waals surface area contributed by atoms with Crippen molar-refractivity contribution >= 4 is 5.91 Å². The molecular weight excluding hydrogens is 202 g/mol. The van der Waals surface area contributed by atoms with Crippen molar-refractivity contribution < 1.29 is 4.79 Å². The summed E-state index contributed by atoms with van der Waals surface area (Å²) in [6.45, 7) is 8.87. The van der Waals surface area contributed by atoms with Crippen LogP contribution < -0.4 is 11.1 Å². The Morgan fingerprint density at radius 3 is 2.56 bits per heavy atom. The molecule has 0 aliphatic rings. The van der Waals surface area contributed by atoms with E-state index in [4.69, 9.17) is 5.73 Å². The van der Waals surface area contributed by atoms with Crippen molar-refractivity contribution in [3.63, 3.8) is 0 Å². The first kappa shape index (κ1) is 15.4. The molecule has 4 nitrogen and oxygen atoms in total. The number of carbonyl (C=O) groups is 1. The van der Waals surface area contributed by atoms with Crippen LogP contribution in [0.15, 0.2) is 0 Å². The summed E-state index contributed by atoms with van der Waals surface area (Å²) in [6, 6.07) is 0. The molecule has 0 saturated heterocycles. The van der Waals surface area contributed by atoms with Gasteiger partial charge in [-0.15, -0.1) is 0 Å². The molecule has 0 fully saturated rings. The molecule has 0 aromatic carbocycles. The first-order valence-corrected chi connectivity index (χ1v) is 6.43. The maximum atomic E-state index is 11.4. The number of nitrogens with two attached hydrogens (primary N) is 1. The van der Waals surface area contributed by atoms with E-state index in [2.05, 4.69) is 24.1 Å². The van der Waals surface area contributed by atoms with E-state index < -0.39 is 0 Å². The minimum atomic E-state index is 0.154. The van der Waals surface area contributed by atoms with Gasteiger partial charge in [0.2, 0.25) is 5.91 Å². The topological polar surface area (TPSA) is 58.4 Å². The summed E-state index contributed by atoms with van der Waals surface area (Å²) in [6.07, 6.45) is 3.61. The summed E-state index contributed by atoms with van der Waals surface area (Å²) in [4.78, 5) is 13.7. The molecule has 16 heavy (non-hydrogen) atoms. The zero-order valence-corrected chi connectivity index (χ0v) is 10.8. The molecule has 0 radical (unpaired) electrons. The summed E-state index contributed by atoms with van der Waals surface area (Å²) < 4.78 is 0. The first-order valence-electron chi connectivity index (χ1n) is 6.43. The molecule has 0 aromatic rings. The molecule has 0 unspecified atom stereocenters. The molecule has 0 heterocycles. The fourth-order valence-corrected chi connectivity index (χ4v) is 1.62. The van der Waals surface area contributed by atoms with Gasteiger partial charge in [-0.25, -0.2) is 0 Å². The standard InChI is InChI=1S/C12H27N3O/c1-3-10-15(4-2)11-9-14-12(16)7-5-6-8-13/h3-11,13H2,1-2H3,(H,14,16). The van der Waals surface area contributed by atoms with Crippen molar-refractivity contribution in [2.24, 2.45) is 5.73 Å². The summed E-state index contributed by atoms with van der Waals surface area (Å²) in [5, 5.41) is 2.94. The maximum Gasteiger partial charge on any atom is 0.220 e. The number of unbranched alkanes of at least 4 members (excludes halogenated alkanes) is 1. The molecule has 0 aliphatic heterocycles. The van der Waals surface area contributed by atoms with Gasteiger partial charge in [0.15, 0.2) is 0 Å². The Morgan fingerprint density at radius 1 is 1.25 bits per heavy atom. The summed E-state index contributed by atoms with van der Waals surface area (Å²) in [5.74, 6) is 0.154. The highest BCUT2D eigenvalue weighted by atomic mass is 16.1. The third-order valence-electron chi connectivity index (χ3n) is 2.60. The van der Waals surface area contributed by atoms with Crippen LogP contribution in [0, 0.1) is 0 Å². The number of amides is 1. The summed E-state index contributed by atoms with van der Waals surface area (Å²) in [5.41, 5.74) is 5.37. The molecule has 0 rings (SSSR count). The number of hydrogen-bond acceptors (Lipinski definition) is 3. The molecule has 1 amide bonds. The van der Waals surface area contributed by atoms with Crippen molar-refractivity contribution in [2.75, 3.05) is 32.7 Å². The second-order valence-electron chi connectivity index (χ2n) is 4.03. The van der Waals surface area contributed by atoms with Crippen LogP contribution >= 0.6 is 0 Å². The Bertz CT molecular complexity index is 174.